The molecule has 1 aromatic heterocycles. The molecule has 3 N–H and O–H groups in total. The summed E-state index contributed by atoms with van der Waals surface area (Å²) < 4.78 is 0. The van der Waals surface area contributed by atoms with Crippen molar-refractivity contribution in [2.45, 2.75) is 0 Å². The molecule has 0 unspecified atom stereocenters. The minimum atomic E-state index is 0.284. The molecule has 0 aliphatic heterocycles. The average Bonchev–Trinajstić information content (AvgIpc) is 2.43. The quantitative estimate of drug-likeness (QED) is 0.685. The first-order valence-electron chi connectivity index (χ1n) is 3.29. The molecular formula is C7H8N4S. The Morgan fingerprint density at radius 1 is 1.83 bits per heavy atom. The second kappa shape index (κ2) is 3.74. The number of nitrogens with zero attached hydrogens (tertiary/aromatic N) is 2. The molecule has 0 radical (unpaired) electrons. The van der Waals surface area contributed by atoms with Gasteiger partial charge in [0.1, 0.15) is 11.1 Å². The molecule has 0 aromatic carbocycles. The zero-order valence-corrected chi connectivity index (χ0v) is 7.19. The van der Waals surface area contributed by atoms with Crippen LogP contribution >= 0.6 is 11.3 Å². The Morgan fingerprint density at radius 3 is 3.08 bits per heavy atom. The minimum Gasteiger partial charge on any atom is -0.388 e. The zero-order valence-electron chi connectivity index (χ0n) is 6.37. The first-order valence-corrected chi connectivity index (χ1v) is 4.10. The molecule has 0 fully saturated rings. The van der Waals surface area contributed by atoms with Crippen LogP contribution < -0.4 is 11.1 Å². The van der Waals surface area contributed by atoms with Gasteiger partial charge in [0.2, 0.25) is 0 Å². The molecule has 0 aliphatic carbocycles. The number of nitriles is 1. The molecule has 12 heavy (non-hydrogen) atoms. The van der Waals surface area contributed by atoms with Crippen LogP contribution in [0.2, 0.25) is 0 Å². The average molecular weight is 180 g/mol. The Hall–Kier alpha value is -1.54. The number of hydrogen-bond donors (Lipinski definition) is 2. The van der Waals surface area contributed by atoms with Crippen molar-refractivity contribution < 1.29 is 0 Å². The third-order valence-corrected chi connectivity index (χ3v) is 2.00. The van der Waals surface area contributed by atoms with E-state index < -0.39 is 0 Å². The molecule has 62 valence electrons. The molecule has 0 aliphatic rings. The molecule has 1 aromatic rings. The van der Waals surface area contributed by atoms with Crippen LogP contribution in [-0.4, -0.2) is 11.5 Å². The van der Waals surface area contributed by atoms with E-state index in [4.69, 9.17) is 11.0 Å². The van der Waals surface area contributed by atoms with E-state index in [9.17, 15) is 0 Å². The summed E-state index contributed by atoms with van der Waals surface area (Å²) in [7, 11) is 0. The van der Waals surface area contributed by atoms with Gasteiger partial charge < -0.3 is 11.1 Å². The Kier molecular flexibility index (Phi) is 2.66. The molecule has 0 bridgehead atoms. The maximum absolute atomic E-state index is 8.52. The van der Waals surface area contributed by atoms with Crippen molar-refractivity contribution >= 4 is 21.5 Å². The number of nitrogen functional groups attached to an aromatic ring is 1. The smallest absolute Gasteiger partial charge is 0.186 e. The van der Waals surface area contributed by atoms with Gasteiger partial charge in [-0.05, 0) is 0 Å². The lowest BCUT2D eigenvalue weighted by molar-refractivity contribution is 1.26. The lowest BCUT2D eigenvalue weighted by Crippen LogP contribution is -1.96. The topological polar surface area (TPSA) is 74.7 Å². The van der Waals surface area contributed by atoms with Crippen LogP contribution in [0, 0.1) is 11.3 Å². The summed E-state index contributed by atoms with van der Waals surface area (Å²) in [6.07, 6.45) is 1.71. The third-order valence-electron chi connectivity index (χ3n) is 1.16. The maximum Gasteiger partial charge on any atom is 0.186 e. The maximum atomic E-state index is 8.52. The molecule has 0 amide bonds. The van der Waals surface area contributed by atoms with Crippen molar-refractivity contribution in [3.63, 3.8) is 0 Å². The van der Waals surface area contributed by atoms with E-state index in [-0.39, 0.29) is 5.69 Å². The van der Waals surface area contributed by atoms with Crippen molar-refractivity contribution in [2.24, 2.45) is 0 Å². The fourth-order valence-electron chi connectivity index (χ4n) is 0.647. The van der Waals surface area contributed by atoms with Gasteiger partial charge in [-0.1, -0.05) is 17.4 Å². The van der Waals surface area contributed by atoms with E-state index in [0.717, 1.165) is 0 Å². The summed E-state index contributed by atoms with van der Waals surface area (Å²) in [5.74, 6) is 0. The summed E-state index contributed by atoms with van der Waals surface area (Å²) in [5.41, 5.74) is 5.78. The largest absolute Gasteiger partial charge is 0.388 e. The molecule has 5 heteroatoms. The van der Waals surface area contributed by atoms with Gasteiger partial charge in [-0.3, -0.25) is 0 Å². The first kappa shape index (κ1) is 8.56. The predicted molar refractivity (Wildman–Crippen MR) is 49.9 cm³/mol. The summed E-state index contributed by atoms with van der Waals surface area (Å²) in [6, 6.07) is 1.90. The van der Waals surface area contributed by atoms with E-state index >= 15 is 0 Å². The molecule has 0 saturated carbocycles. The SMILES string of the molecule is C=CCNc1nc(C#N)c(N)s1. The van der Waals surface area contributed by atoms with Gasteiger partial charge in [-0.15, -0.1) is 6.58 Å². The third kappa shape index (κ3) is 1.74. The number of anilines is 2. The second-order valence-corrected chi connectivity index (χ2v) is 3.04. The number of nitrogens with one attached hydrogen (secondary N) is 1. The van der Waals surface area contributed by atoms with Gasteiger partial charge >= 0.3 is 0 Å². The normalized spacial score (nSPS) is 8.92. The van der Waals surface area contributed by atoms with Crippen molar-refractivity contribution in [1.29, 1.82) is 5.26 Å². The van der Waals surface area contributed by atoms with Crippen LogP contribution in [0.1, 0.15) is 5.69 Å². The number of aromatic nitrogens is 1. The fourth-order valence-corrected chi connectivity index (χ4v) is 1.34. The standard InChI is InChI=1S/C7H8N4S/c1-2-3-10-7-11-5(4-8)6(9)12-7/h2H,1,3,9H2,(H,10,11). The van der Waals surface area contributed by atoms with Crippen LogP contribution in [0.4, 0.5) is 10.1 Å². The number of thiazole rings is 1. The van der Waals surface area contributed by atoms with Gasteiger partial charge in [0.25, 0.3) is 0 Å². The van der Waals surface area contributed by atoms with Crippen LogP contribution in [-0.2, 0) is 0 Å². The lowest BCUT2D eigenvalue weighted by atomic mass is 10.5. The molecular weight excluding hydrogens is 172 g/mol. The summed E-state index contributed by atoms with van der Waals surface area (Å²) in [5, 5.41) is 12.6. The second-order valence-electron chi connectivity index (χ2n) is 2.01. The highest BCUT2D eigenvalue weighted by Gasteiger charge is 2.05. The Balaban J connectivity index is 2.76. The van der Waals surface area contributed by atoms with Gasteiger partial charge in [0.15, 0.2) is 10.8 Å². The highest BCUT2D eigenvalue weighted by atomic mass is 32.1. The van der Waals surface area contributed by atoms with E-state index in [2.05, 4.69) is 16.9 Å². The summed E-state index contributed by atoms with van der Waals surface area (Å²) in [6.45, 7) is 4.17. The summed E-state index contributed by atoms with van der Waals surface area (Å²) >= 11 is 1.26. The molecule has 4 nitrogen and oxygen atoms in total. The van der Waals surface area contributed by atoms with Crippen molar-refractivity contribution in [1.82, 2.24) is 4.98 Å². The van der Waals surface area contributed by atoms with E-state index in [1.165, 1.54) is 11.3 Å². The highest BCUT2D eigenvalue weighted by molar-refractivity contribution is 7.19. The molecule has 1 rings (SSSR count). The molecule has 0 spiro atoms. The van der Waals surface area contributed by atoms with Crippen LogP contribution in [0.15, 0.2) is 12.7 Å². The Morgan fingerprint density at radius 2 is 2.58 bits per heavy atom. The van der Waals surface area contributed by atoms with E-state index in [0.29, 0.717) is 16.7 Å². The Bertz CT molecular complexity index is 323. The van der Waals surface area contributed by atoms with Crippen molar-refractivity contribution in [3.8, 4) is 6.07 Å². The zero-order chi connectivity index (χ0) is 8.97. The monoisotopic (exact) mass is 180 g/mol. The number of hydrogen-bond acceptors (Lipinski definition) is 5. The van der Waals surface area contributed by atoms with Gasteiger partial charge in [-0.25, -0.2) is 4.98 Å². The minimum absolute atomic E-state index is 0.284. The lowest BCUT2D eigenvalue weighted by Gasteiger charge is -1.93. The van der Waals surface area contributed by atoms with Crippen molar-refractivity contribution in [2.75, 3.05) is 17.6 Å². The Labute approximate surface area is 74.3 Å². The van der Waals surface area contributed by atoms with Gasteiger partial charge in [0, 0.05) is 6.54 Å². The number of nitrogens with two attached hydrogens (primary N) is 1. The van der Waals surface area contributed by atoms with E-state index in [1.54, 1.807) is 6.08 Å². The van der Waals surface area contributed by atoms with Gasteiger partial charge in [0.05, 0.1) is 0 Å². The first-order chi connectivity index (χ1) is 5.77. The van der Waals surface area contributed by atoms with Crippen LogP contribution in [0.3, 0.4) is 0 Å². The number of rotatable bonds is 3. The van der Waals surface area contributed by atoms with Gasteiger partial charge in [-0.2, -0.15) is 5.26 Å². The van der Waals surface area contributed by atoms with Crippen molar-refractivity contribution in [3.05, 3.63) is 18.3 Å². The predicted octanol–water partition coefficient (Wildman–Crippen LogP) is 1.19. The summed E-state index contributed by atoms with van der Waals surface area (Å²) in [4.78, 5) is 3.94. The highest BCUT2D eigenvalue weighted by Crippen LogP contribution is 2.24. The van der Waals surface area contributed by atoms with E-state index in [1.807, 2.05) is 6.07 Å². The fraction of sp³-hybridized carbons (Fsp3) is 0.143. The molecule has 1 heterocycles. The van der Waals surface area contributed by atoms with Crippen LogP contribution in [0.5, 0.6) is 0 Å². The molecule has 0 saturated heterocycles. The molecule has 0 atom stereocenters. The van der Waals surface area contributed by atoms with Crippen LogP contribution in [0.25, 0.3) is 0 Å².